The van der Waals surface area contributed by atoms with Gasteiger partial charge in [-0.2, -0.15) is 5.10 Å². The van der Waals surface area contributed by atoms with Crippen LogP contribution < -0.4 is 5.73 Å². The molecule has 7 nitrogen and oxygen atoms in total. The normalized spacial score (nSPS) is 18.5. The van der Waals surface area contributed by atoms with Gasteiger partial charge in [-0.3, -0.25) is 14.3 Å². The minimum atomic E-state index is -0.754. The number of aryl methyl sites for hydroxylation is 1. The first kappa shape index (κ1) is 18.5. The Kier molecular flexibility index (Phi) is 6.01. The number of ether oxygens (including phenoxy) is 1. The highest BCUT2D eigenvalue weighted by Gasteiger charge is 2.26. The molecule has 2 heterocycles. The minimum absolute atomic E-state index is 0.165. The van der Waals surface area contributed by atoms with Crippen LogP contribution in [0.3, 0.4) is 0 Å². The van der Waals surface area contributed by atoms with Crippen molar-refractivity contribution in [2.75, 3.05) is 19.7 Å². The standard InChI is InChI=1S/C16H23ClN4O3/c1-10(2)8-21-15(17)12(11(3)19-21)4-5-14(22)20-6-7-24-13(9-20)16(18)23/h4-5,10,13H,6-9H2,1-3H3,(H2,18,23)/b5-4+. The maximum Gasteiger partial charge on any atom is 0.248 e. The number of morpholine rings is 1. The number of carbonyl (C=O) groups excluding carboxylic acids is 2. The zero-order chi connectivity index (χ0) is 17.9. The molecule has 1 aliphatic rings. The highest BCUT2D eigenvalue weighted by atomic mass is 35.5. The van der Waals surface area contributed by atoms with E-state index in [4.69, 9.17) is 22.1 Å². The van der Waals surface area contributed by atoms with E-state index in [1.165, 1.54) is 11.0 Å². The van der Waals surface area contributed by atoms with Crippen LogP contribution in [0, 0.1) is 12.8 Å². The Labute approximate surface area is 146 Å². The summed E-state index contributed by atoms with van der Waals surface area (Å²) in [6, 6.07) is 0. The molecule has 1 unspecified atom stereocenters. The zero-order valence-electron chi connectivity index (χ0n) is 14.2. The summed E-state index contributed by atoms with van der Waals surface area (Å²) in [4.78, 5) is 25.0. The summed E-state index contributed by atoms with van der Waals surface area (Å²) >= 11 is 6.35. The van der Waals surface area contributed by atoms with E-state index in [2.05, 4.69) is 18.9 Å². The second-order valence-corrected chi connectivity index (χ2v) is 6.60. The number of halogens is 1. The van der Waals surface area contributed by atoms with Crippen molar-refractivity contribution in [1.29, 1.82) is 0 Å². The highest BCUT2D eigenvalue weighted by Crippen LogP contribution is 2.22. The molecule has 2 rings (SSSR count). The first-order chi connectivity index (χ1) is 11.3. The van der Waals surface area contributed by atoms with Crippen molar-refractivity contribution in [1.82, 2.24) is 14.7 Å². The van der Waals surface area contributed by atoms with Gasteiger partial charge in [-0.15, -0.1) is 0 Å². The number of nitrogens with two attached hydrogens (primary N) is 1. The van der Waals surface area contributed by atoms with Crippen LogP contribution in [0.15, 0.2) is 6.08 Å². The van der Waals surface area contributed by atoms with E-state index in [1.54, 1.807) is 10.8 Å². The van der Waals surface area contributed by atoms with Gasteiger partial charge in [-0.1, -0.05) is 25.4 Å². The molecule has 8 heteroatoms. The van der Waals surface area contributed by atoms with Gasteiger partial charge in [0.2, 0.25) is 11.8 Å². The summed E-state index contributed by atoms with van der Waals surface area (Å²) in [6.07, 6.45) is 2.35. The van der Waals surface area contributed by atoms with Crippen molar-refractivity contribution in [2.45, 2.75) is 33.4 Å². The van der Waals surface area contributed by atoms with Crippen LogP contribution in [0.2, 0.25) is 5.15 Å². The predicted octanol–water partition coefficient (Wildman–Crippen LogP) is 1.23. The summed E-state index contributed by atoms with van der Waals surface area (Å²) in [5.41, 5.74) is 6.72. The molecular formula is C16H23ClN4O3. The molecule has 0 spiro atoms. The fourth-order valence-corrected chi connectivity index (χ4v) is 2.81. The molecule has 0 radical (unpaired) electrons. The number of hydrogen-bond acceptors (Lipinski definition) is 4. The average molecular weight is 355 g/mol. The van der Waals surface area contributed by atoms with Crippen molar-refractivity contribution in [2.24, 2.45) is 11.7 Å². The Morgan fingerprint density at radius 2 is 2.21 bits per heavy atom. The molecule has 1 atom stereocenters. The second-order valence-electron chi connectivity index (χ2n) is 6.25. The van der Waals surface area contributed by atoms with Crippen LogP contribution in [0.4, 0.5) is 0 Å². The Morgan fingerprint density at radius 3 is 2.83 bits per heavy atom. The molecule has 2 amide bonds. The molecule has 0 bridgehead atoms. The number of rotatable bonds is 5. The first-order valence-corrected chi connectivity index (χ1v) is 8.28. The van der Waals surface area contributed by atoms with Crippen LogP contribution >= 0.6 is 11.6 Å². The Morgan fingerprint density at radius 1 is 1.50 bits per heavy atom. The lowest BCUT2D eigenvalue weighted by Gasteiger charge is -2.30. The Bertz CT molecular complexity index is 654. The number of primary amides is 1. The number of carbonyl (C=O) groups is 2. The molecule has 1 fully saturated rings. The molecule has 0 aromatic carbocycles. The molecule has 24 heavy (non-hydrogen) atoms. The monoisotopic (exact) mass is 354 g/mol. The molecule has 1 aromatic rings. The van der Waals surface area contributed by atoms with Crippen LogP contribution in [0.5, 0.6) is 0 Å². The van der Waals surface area contributed by atoms with Crippen molar-refractivity contribution >= 4 is 29.5 Å². The van der Waals surface area contributed by atoms with Crippen molar-refractivity contribution in [3.8, 4) is 0 Å². The van der Waals surface area contributed by atoms with E-state index < -0.39 is 12.0 Å². The molecule has 1 saturated heterocycles. The highest BCUT2D eigenvalue weighted by molar-refractivity contribution is 6.31. The van der Waals surface area contributed by atoms with Crippen LogP contribution in [-0.2, 0) is 20.9 Å². The molecule has 0 aliphatic carbocycles. The van der Waals surface area contributed by atoms with Gasteiger partial charge < -0.3 is 15.4 Å². The van der Waals surface area contributed by atoms with Crippen LogP contribution in [-0.4, -0.2) is 52.3 Å². The quantitative estimate of drug-likeness (QED) is 0.805. The molecule has 1 aliphatic heterocycles. The third-order valence-corrected chi connectivity index (χ3v) is 4.13. The van der Waals surface area contributed by atoms with Crippen molar-refractivity contribution in [3.63, 3.8) is 0 Å². The smallest absolute Gasteiger partial charge is 0.248 e. The Hall–Kier alpha value is -1.86. The fraction of sp³-hybridized carbons (Fsp3) is 0.562. The maximum atomic E-state index is 12.3. The number of aromatic nitrogens is 2. The molecule has 0 saturated carbocycles. The summed E-state index contributed by atoms with van der Waals surface area (Å²) < 4.78 is 6.97. The van der Waals surface area contributed by atoms with E-state index in [0.29, 0.717) is 30.8 Å². The molecular weight excluding hydrogens is 332 g/mol. The maximum absolute atomic E-state index is 12.3. The molecule has 132 valence electrons. The number of hydrogen-bond donors (Lipinski definition) is 1. The third kappa shape index (κ3) is 4.36. The number of nitrogens with zero attached hydrogens (tertiary/aromatic N) is 3. The summed E-state index contributed by atoms with van der Waals surface area (Å²) in [5, 5.41) is 4.92. The lowest BCUT2D eigenvalue weighted by atomic mass is 10.2. The van der Waals surface area contributed by atoms with Crippen LogP contribution in [0.25, 0.3) is 6.08 Å². The lowest BCUT2D eigenvalue weighted by Crippen LogP contribution is -2.50. The lowest BCUT2D eigenvalue weighted by molar-refractivity contribution is -0.142. The summed E-state index contributed by atoms with van der Waals surface area (Å²) in [5.74, 6) is -0.360. The van der Waals surface area contributed by atoms with Gasteiger partial charge >= 0.3 is 0 Å². The predicted molar refractivity (Wildman–Crippen MR) is 91.4 cm³/mol. The van der Waals surface area contributed by atoms with E-state index in [-0.39, 0.29) is 12.5 Å². The second kappa shape index (κ2) is 7.81. The van der Waals surface area contributed by atoms with E-state index in [9.17, 15) is 9.59 Å². The van der Waals surface area contributed by atoms with Gasteiger partial charge in [0, 0.05) is 24.7 Å². The average Bonchev–Trinajstić information content (AvgIpc) is 2.78. The third-order valence-electron chi connectivity index (χ3n) is 3.74. The van der Waals surface area contributed by atoms with E-state index in [1.807, 2.05) is 6.92 Å². The topological polar surface area (TPSA) is 90.4 Å². The van der Waals surface area contributed by atoms with Gasteiger partial charge in [-0.05, 0) is 18.9 Å². The summed E-state index contributed by atoms with van der Waals surface area (Å²) in [7, 11) is 0. The van der Waals surface area contributed by atoms with Crippen molar-refractivity contribution < 1.29 is 14.3 Å². The summed E-state index contributed by atoms with van der Waals surface area (Å²) in [6.45, 7) is 7.61. The van der Waals surface area contributed by atoms with Gasteiger partial charge in [0.25, 0.3) is 0 Å². The van der Waals surface area contributed by atoms with Gasteiger partial charge in [0.05, 0.1) is 18.8 Å². The molecule has 2 N–H and O–H groups in total. The van der Waals surface area contributed by atoms with E-state index in [0.717, 1.165) is 11.3 Å². The molecule has 1 aromatic heterocycles. The van der Waals surface area contributed by atoms with Gasteiger partial charge in [-0.25, -0.2) is 0 Å². The first-order valence-electron chi connectivity index (χ1n) is 7.90. The fourth-order valence-electron chi connectivity index (χ4n) is 2.50. The van der Waals surface area contributed by atoms with Gasteiger partial charge in [0.15, 0.2) is 6.10 Å². The number of amides is 2. The minimum Gasteiger partial charge on any atom is -0.367 e. The van der Waals surface area contributed by atoms with Crippen LogP contribution in [0.1, 0.15) is 25.1 Å². The largest absolute Gasteiger partial charge is 0.367 e. The van der Waals surface area contributed by atoms with Crippen molar-refractivity contribution in [3.05, 3.63) is 22.5 Å². The Balaban J connectivity index is 2.09. The SMILES string of the molecule is Cc1nn(CC(C)C)c(Cl)c1/C=C/C(=O)N1CCOC(C(N)=O)C1. The van der Waals surface area contributed by atoms with E-state index >= 15 is 0 Å². The zero-order valence-corrected chi connectivity index (χ0v) is 14.9. The van der Waals surface area contributed by atoms with Gasteiger partial charge in [0.1, 0.15) is 5.15 Å².